The number of nitrogens with zero attached hydrogens (tertiary/aromatic N) is 1. The number of carboxylic acid groups (broad SMARTS) is 1. The first-order valence-electron chi connectivity index (χ1n) is 5.07. The van der Waals surface area contributed by atoms with Crippen LogP contribution >= 0.6 is 0 Å². The predicted molar refractivity (Wildman–Crippen MR) is 58.5 cm³/mol. The molecule has 0 spiro atoms. The van der Waals surface area contributed by atoms with E-state index in [-0.39, 0.29) is 18.5 Å². The number of carboxylic acids is 1. The van der Waals surface area contributed by atoms with Crippen molar-refractivity contribution >= 4 is 23.5 Å². The molecule has 1 heterocycles. The molecule has 0 aromatic heterocycles. The molecule has 7 nitrogen and oxygen atoms in total. The lowest BCUT2D eigenvalue weighted by atomic mass is 10.1. The Morgan fingerprint density at radius 3 is 2.17 bits per heavy atom. The van der Waals surface area contributed by atoms with Crippen LogP contribution < -0.4 is 4.90 Å². The van der Waals surface area contributed by atoms with Gasteiger partial charge in [-0.3, -0.25) is 9.59 Å². The van der Waals surface area contributed by atoms with Crippen LogP contribution in [0.25, 0.3) is 0 Å². The number of carbonyl (C=O) groups excluding carboxylic acids is 2. The van der Waals surface area contributed by atoms with E-state index in [0.717, 1.165) is 12.1 Å². The highest BCUT2D eigenvalue weighted by molar-refractivity contribution is 6.21. The van der Waals surface area contributed by atoms with Gasteiger partial charge in [-0.25, -0.2) is 9.69 Å². The molecular formula is C11H9NO6. The van der Waals surface area contributed by atoms with E-state index in [1.807, 2.05) is 0 Å². The number of imide groups is 1. The van der Waals surface area contributed by atoms with Crippen molar-refractivity contribution in [2.45, 2.75) is 12.8 Å². The Hall–Kier alpha value is -2.57. The number of hydrogen-bond acceptors (Lipinski definition) is 5. The van der Waals surface area contributed by atoms with Crippen molar-refractivity contribution < 1.29 is 29.7 Å². The Balaban J connectivity index is 2.61. The summed E-state index contributed by atoms with van der Waals surface area (Å²) in [5.41, 5.74) is -0.877. The number of rotatable bonds is 2. The van der Waals surface area contributed by atoms with Gasteiger partial charge in [0.15, 0.2) is 5.75 Å². The lowest BCUT2D eigenvalue weighted by molar-refractivity contribution is -0.121. The van der Waals surface area contributed by atoms with E-state index >= 15 is 0 Å². The molecule has 2 amide bonds. The fraction of sp³-hybridized carbons (Fsp3) is 0.182. The van der Waals surface area contributed by atoms with E-state index in [4.69, 9.17) is 5.11 Å². The van der Waals surface area contributed by atoms with Crippen molar-refractivity contribution in [2.24, 2.45) is 0 Å². The van der Waals surface area contributed by atoms with E-state index in [1.165, 1.54) is 0 Å². The first kappa shape index (κ1) is 11.9. The van der Waals surface area contributed by atoms with Gasteiger partial charge in [0.05, 0.1) is 5.69 Å². The average Bonchev–Trinajstić information content (AvgIpc) is 2.61. The van der Waals surface area contributed by atoms with Gasteiger partial charge >= 0.3 is 5.97 Å². The highest BCUT2D eigenvalue weighted by Crippen LogP contribution is 2.37. The summed E-state index contributed by atoms with van der Waals surface area (Å²) in [5.74, 6) is -3.73. The second kappa shape index (κ2) is 4.02. The number of aromatic hydroxyl groups is 2. The predicted octanol–water partition coefficient (Wildman–Crippen LogP) is 0.449. The molecule has 2 rings (SSSR count). The van der Waals surface area contributed by atoms with Crippen LogP contribution in [0.3, 0.4) is 0 Å². The largest absolute Gasteiger partial charge is 0.508 e. The standard InChI is InChI=1S/C11H9NO6/c13-5-3-6(11(17)18)10(16)7(4-5)12-8(14)1-2-9(12)15/h3-4,13,16H,1-2H2,(H,17,18). The molecule has 1 aliphatic rings. The van der Waals surface area contributed by atoms with E-state index in [0.29, 0.717) is 4.90 Å². The Kier molecular flexibility index (Phi) is 2.66. The molecule has 1 aliphatic heterocycles. The first-order chi connectivity index (χ1) is 8.41. The molecule has 1 aromatic rings. The molecule has 18 heavy (non-hydrogen) atoms. The monoisotopic (exact) mass is 251 g/mol. The van der Waals surface area contributed by atoms with Gasteiger partial charge < -0.3 is 15.3 Å². The lowest BCUT2D eigenvalue weighted by Gasteiger charge is -2.16. The van der Waals surface area contributed by atoms with Gasteiger partial charge in [0.25, 0.3) is 0 Å². The van der Waals surface area contributed by atoms with E-state index in [2.05, 4.69) is 0 Å². The highest BCUT2D eigenvalue weighted by Gasteiger charge is 2.33. The van der Waals surface area contributed by atoms with Crippen molar-refractivity contribution in [1.29, 1.82) is 0 Å². The molecule has 0 atom stereocenters. The van der Waals surface area contributed by atoms with Gasteiger partial charge in [-0.1, -0.05) is 0 Å². The van der Waals surface area contributed by atoms with Gasteiger partial charge in [0, 0.05) is 18.9 Å². The van der Waals surface area contributed by atoms with Crippen LogP contribution in [-0.4, -0.2) is 33.1 Å². The number of benzene rings is 1. The van der Waals surface area contributed by atoms with Gasteiger partial charge in [-0.2, -0.15) is 0 Å². The summed E-state index contributed by atoms with van der Waals surface area (Å²) in [6, 6.07) is 1.81. The van der Waals surface area contributed by atoms with Crippen LogP contribution in [0.5, 0.6) is 11.5 Å². The zero-order chi connectivity index (χ0) is 13.4. The van der Waals surface area contributed by atoms with Crippen LogP contribution in [-0.2, 0) is 9.59 Å². The Morgan fingerprint density at radius 1 is 1.11 bits per heavy atom. The summed E-state index contributed by atoms with van der Waals surface area (Å²) in [4.78, 5) is 34.5. The molecule has 0 aliphatic carbocycles. The lowest BCUT2D eigenvalue weighted by Crippen LogP contribution is -2.28. The zero-order valence-corrected chi connectivity index (χ0v) is 9.08. The van der Waals surface area contributed by atoms with Crippen LogP contribution in [0.2, 0.25) is 0 Å². The number of amides is 2. The number of aromatic carboxylic acids is 1. The third-order valence-electron chi connectivity index (χ3n) is 2.60. The number of phenolic OH excluding ortho intramolecular Hbond substituents is 1. The fourth-order valence-electron chi connectivity index (χ4n) is 1.78. The topological polar surface area (TPSA) is 115 Å². The molecule has 1 fully saturated rings. The molecule has 7 heteroatoms. The van der Waals surface area contributed by atoms with E-state index in [9.17, 15) is 24.6 Å². The Morgan fingerprint density at radius 2 is 1.67 bits per heavy atom. The van der Waals surface area contributed by atoms with Crippen LogP contribution in [0.4, 0.5) is 5.69 Å². The van der Waals surface area contributed by atoms with Crippen molar-refractivity contribution in [3.05, 3.63) is 17.7 Å². The van der Waals surface area contributed by atoms with Crippen LogP contribution in [0.15, 0.2) is 12.1 Å². The number of carbonyl (C=O) groups is 3. The molecule has 0 bridgehead atoms. The summed E-state index contributed by atoms with van der Waals surface area (Å²) in [6.45, 7) is 0. The van der Waals surface area contributed by atoms with Gasteiger partial charge in [-0.15, -0.1) is 0 Å². The normalized spacial score (nSPS) is 15.2. The fourth-order valence-corrected chi connectivity index (χ4v) is 1.78. The second-order valence-electron chi connectivity index (χ2n) is 3.79. The molecule has 94 valence electrons. The highest BCUT2D eigenvalue weighted by atomic mass is 16.4. The second-order valence-corrected chi connectivity index (χ2v) is 3.79. The minimum Gasteiger partial charge on any atom is -0.508 e. The summed E-state index contributed by atoms with van der Waals surface area (Å²) in [6.07, 6.45) is -0.00727. The maximum atomic E-state index is 11.5. The quantitative estimate of drug-likeness (QED) is 0.519. The molecule has 0 saturated carbocycles. The van der Waals surface area contributed by atoms with Gasteiger partial charge in [0.2, 0.25) is 11.8 Å². The van der Waals surface area contributed by atoms with E-state index in [1.54, 1.807) is 0 Å². The average molecular weight is 251 g/mol. The third kappa shape index (κ3) is 1.75. The maximum Gasteiger partial charge on any atom is 0.339 e. The molecule has 0 unspecified atom stereocenters. The molecular weight excluding hydrogens is 242 g/mol. The maximum absolute atomic E-state index is 11.5. The third-order valence-corrected chi connectivity index (χ3v) is 2.60. The zero-order valence-electron chi connectivity index (χ0n) is 9.08. The minimum absolute atomic E-state index is 0.00364. The molecule has 1 aromatic carbocycles. The summed E-state index contributed by atoms with van der Waals surface area (Å²) in [7, 11) is 0. The van der Waals surface area contributed by atoms with Crippen LogP contribution in [0, 0.1) is 0 Å². The number of anilines is 1. The molecule has 1 saturated heterocycles. The number of hydrogen-bond donors (Lipinski definition) is 3. The smallest absolute Gasteiger partial charge is 0.339 e. The minimum atomic E-state index is -1.47. The Bertz CT molecular complexity index is 549. The molecule has 3 N–H and O–H groups in total. The van der Waals surface area contributed by atoms with Crippen LogP contribution in [0.1, 0.15) is 23.2 Å². The van der Waals surface area contributed by atoms with Crippen molar-refractivity contribution in [3.63, 3.8) is 0 Å². The summed E-state index contributed by atoms with van der Waals surface area (Å²) >= 11 is 0. The number of phenols is 2. The van der Waals surface area contributed by atoms with Crippen molar-refractivity contribution in [1.82, 2.24) is 0 Å². The van der Waals surface area contributed by atoms with Crippen molar-refractivity contribution in [2.75, 3.05) is 4.90 Å². The SMILES string of the molecule is O=C(O)c1cc(O)cc(N2C(=O)CCC2=O)c1O. The molecule has 0 radical (unpaired) electrons. The Labute approximate surface area is 101 Å². The summed E-state index contributed by atoms with van der Waals surface area (Å²) in [5, 5.41) is 27.9. The van der Waals surface area contributed by atoms with Gasteiger partial charge in [0.1, 0.15) is 11.3 Å². The van der Waals surface area contributed by atoms with E-state index < -0.39 is 34.8 Å². The first-order valence-corrected chi connectivity index (χ1v) is 5.07. The summed E-state index contributed by atoms with van der Waals surface area (Å²) < 4.78 is 0. The van der Waals surface area contributed by atoms with Gasteiger partial charge in [-0.05, 0) is 6.07 Å². The van der Waals surface area contributed by atoms with Crippen molar-refractivity contribution in [3.8, 4) is 11.5 Å².